The molecule has 1 atom stereocenters. The highest BCUT2D eigenvalue weighted by atomic mass is 32.2. The van der Waals surface area contributed by atoms with E-state index in [2.05, 4.69) is 5.32 Å². The van der Waals surface area contributed by atoms with Crippen LogP contribution in [0.4, 0.5) is 11.4 Å². The fourth-order valence-corrected chi connectivity index (χ4v) is 4.76. The van der Waals surface area contributed by atoms with E-state index in [1.165, 1.54) is 4.31 Å². The molecule has 2 aromatic rings. The highest BCUT2D eigenvalue weighted by Gasteiger charge is 2.28. The van der Waals surface area contributed by atoms with Gasteiger partial charge in [0.25, 0.3) is 0 Å². The maximum absolute atomic E-state index is 12.5. The fraction of sp³-hybridized carbons (Fsp3) is 0.350. The molecule has 0 aromatic heterocycles. The van der Waals surface area contributed by atoms with Crippen molar-refractivity contribution < 1.29 is 13.2 Å². The first-order valence-corrected chi connectivity index (χ1v) is 10.4. The van der Waals surface area contributed by atoms with E-state index in [0.29, 0.717) is 30.8 Å². The summed E-state index contributed by atoms with van der Waals surface area (Å²) >= 11 is 0. The van der Waals surface area contributed by atoms with Crippen LogP contribution in [0, 0.1) is 6.92 Å². The number of carbonyl (C=O) groups is 1. The first-order chi connectivity index (χ1) is 12.4. The summed E-state index contributed by atoms with van der Waals surface area (Å²) < 4.78 is 25.7. The van der Waals surface area contributed by atoms with Crippen LogP contribution in [0.2, 0.25) is 0 Å². The van der Waals surface area contributed by atoms with Crippen molar-refractivity contribution in [1.82, 2.24) is 0 Å². The molecule has 1 aliphatic heterocycles. The predicted molar refractivity (Wildman–Crippen MR) is 105 cm³/mol. The number of carbonyl (C=O) groups excluding carboxylic acids is 1. The third-order valence-electron chi connectivity index (χ3n) is 4.74. The summed E-state index contributed by atoms with van der Waals surface area (Å²) in [6.45, 7) is 4.41. The van der Waals surface area contributed by atoms with E-state index in [1.807, 2.05) is 50.2 Å². The minimum atomic E-state index is -3.23. The second-order valence-electron chi connectivity index (χ2n) is 6.80. The van der Waals surface area contributed by atoms with Gasteiger partial charge in [-0.1, -0.05) is 43.3 Å². The second kappa shape index (κ2) is 7.50. The Labute approximate surface area is 155 Å². The van der Waals surface area contributed by atoms with Crippen molar-refractivity contribution in [1.29, 1.82) is 0 Å². The minimum absolute atomic E-state index is 0.0779. The highest BCUT2D eigenvalue weighted by molar-refractivity contribution is 7.93. The molecule has 1 unspecified atom stereocenters. The number of sulfonamides is 1. The number of amides is 1. The van der Waals surface area contributed by atoms with Crippen molar-refractivity contribution in [2.75, 3.05) is 21.9 Å². The molecule has 0 aliphatic carbocycles. The summed E-state index contributed by atoms with van der Waals surface area (Å²) in [5, 5.41) is 2.94. The molecule has 5 nitrogen and oxygen atoms in total. The van der Waals surface area contributed by atoms with Gasteiger partial charge in [-0.15, -0.1) is 0 Å². The quantitative estimate of drug-likeness (QED) is 0.871. The van der Waals surface area contributed by atoms with Crippen molar-refractivity contribution in [3.05, 3.63) is 59.7 Å². The number of aryl methyl sites for hydroxylation is 1. The van der Waals surface area contributed by atoms with Crippen molar-refractivity contribution >= 4 is 27.3 Å². The highest BCUT2D eigenvalue weighted by Crippen LogP contribution is 2.29. The smallest absolute Gasteiger partial charge is 0.235 e. The molecule has 1 fully saturated rings. The van der Waals surface area contributed by atoms with Gasteiger partial charge in [0.05, 0.1) is 11.4 Å². The number of benzene rings is 2. The average Bonchev–Trinajstić information content (AvgIpc) is 2.97. The summed E-state index contributed by atoms with van der Waals surface area (Å²) in [4.78, 5) is 12.5. The molecule has 0 radical (unpaired) electrons. The summed E-state index contributed by atoms with van der Waals surface area (Å²) in [6.07, 6.45) is 1.00. The van der Waals surface area contributed by atoms with Gasteiger partial charge in [0.2, 0.25) is 15.9 Å². The lowest BCUT2D eigenvalue weighted by molar-refractivity contribution is -0.116. The summed E-state index contributed by atoms with van der Waals surface area (Å²) in [5.41, 5.74) is 3.30. The Morgan fingerprint density at radius 2 is 1.92 bits per heavy atom. The maximum atomic E-state index is 12.5. The van der Waals surface area contributed by atoms with Gasteiger partial charge in [-0.3, -0.25) is 9.10 Å². The summed E-state index contributed by atoms with van der Waals surface area (Å²) in [5.74, 6) is 0.210. The number of rotatable bonds is 5. The normalized spacial score (nSPS) is 17.1. The van der Waals surface area contributed by atoms with Gasteiger partial charge in [-0.25, -0.2) is 8.42 Å². The van der Waals surface area contributed by atoms with E-state index in [-0.39, 0.29) is 17.6 Å². The molecule has 1 aliphatic rings. The lowest BCUT2D eigenvalue weighted by Crippen LogP contribution is -2.25. The lowest BCUT2D eigenvalue weighted by atomic mass is 9.97. The molecular weight excluding hydrogens is 348 g/mol. The van der Waals surface area contributed by atoms with E-state index < -0.39 is 10.0 Å². The first-order valence-electron chi connectivity index (χ1n) is 8.83. The fourth-order valence-electron chi connectivity index (χ4n) is 3.21. The molecule has 3 rings (SSSR count). The SMILES string of the molecule is Cc1ccc(N2CCCS2(=O)=O)cc1NC(=O)CC(C)c1ccccc1. The molecular formula is C20H24N2O3S. The van der Waals surface area contributed by atoms with Crippen LogP contribution in [0.15, 0.2) is 48.5 Å². The topological polar surface area (TPSA) is 66.5 Å². The maximum Gasteiger partial charge on any atom is 0.235 e. The molecule has 26 heavy (non-hydrogen) atoms. The van der Waals surface area contributed by atoms with E-state index in [9.17, 15) is 13.2 Å². The van der Waals surface area contributed by atoms with Crippen molar-refractivity contribution in [3.8, 4) is 0 Å². The number of nitrogens with zero attached hydrogens (tertiary/aromatic N) is 1. The average molecular weight is 372 g/mol. The Kier molecular flexibility index (Phi) is 5.32. The molecule has 138 valence electrons. The van der Waals surface area contributed by atoms with Crippen LogP contribution in [0.1, 0.15) is 36.8 Å². The van der Waals surface area contributed by atoms with E-state index in [0.717, 1.165) is 11.1 Å². The Morgan fingerprint density at radius 3 is 2.58 bits per heavy atom. The largest absolute Gasteiger partial charge is 0.326 e. The third kappa shape index (κ3) is 4.07. The minimum Gasteiger partial charge on any atom is -0.326 e. The van der Waals surface area contributed by atoms with Gasteiger partial charge in [0, 0.05) is 18.7 Å². The van der Waals surface area contributed by atoms with Crippen molar-refractivity contribution in [2.45, 2.75) is 32.6 Å². The van der Waals surface area contributed by atoms with Crippen molar-refractivity contribution in [3.63, 3.8) is 0 Å². The monoisotopic (exact) mass is 372 g/mol. The molecule has 0 bridgehead atoms. The molecule has 2 aromatic carbocycles. The van der Waals surface area contributed by atoms with Crippen LogP contribution in [-0.4, -0.2) is 26.6 Å². The zero-order chi connectivity index (χ0) is 18.7. The predicted octanol–water partition coefficient (Wildman–Crippen LogP) is 3.67. The standard InChI is InChI=1S/C20H24N2O3S/c1-15-9-10-18(22-11-6-12-26(22,24)25)14-19(15)21-20(23)13-16(2)17-7-4-3-5-8-17/h3-5,7-10,14,16H,6,11-13H2,1-2H3,(H,21,23). The van der Waals surface area contributed by atoms with Gasteiger partial charge in [0.1, 0.15) is 0 Å². The van der Waals surface area contributed by atoms with Gasteiger partial charge in [0.15, 0.2) is 0 Å². The third-order valence-corrected chi connectivity index (χ3v) is 6.61. The van der Waals surface area contributed by atoms with Gasteiger partial charge in [-0.05, 0) is 42.5 Å². The summed E-state index contributed by atoms with van der Waals surface area (Å²) in [6, 6.07) is 15.3. The van der Waals surface area contributed by atoms with E-state index >= 15 is 0 Å². The molecule has 0 saturated carbocycles. The van der Waals surface area contributed by atoms with Crippen LogP contribution < -0.4 is 9.62 Å². The number of nitrogens with one attached hydrogen (secondary N) is 1. The summed E-state index contributed by atoms with van der Waals surface area (Å²) in [7, 11) is -3.23. The van der Waals surface area contributed by atoms with Gasteiger partial charge < -0.3 is 5.32 Å². The van der Waals surface area contributed by atoms with E-state index in [1.54, 1.807) is 12.1 Å². The van der Waals surface area contributed by atoms with Crippen molar-refractivity contribution in [2.24, 2.45) is 0 Å². The lowest BCUT2D eigenvalue weighted by Gasteiger charge is -2.19. The Hall–Kier alpha value is -2.34. The number of anilines is 2. The molecule has 1 N–H and O–H groups in total. The second-order valence-corrected chi connectivity index (χ2v) is 8.82. The molecule has 6 heteroatoms. The van der Waals surface area contributed by atoms with Crippen LogP contribution in [-0.2, 0) is 14.8 Å². The zero-order valence-corrected chi connectivity index (χ0v) is 15.9. The van der Waals surface area contributed by atoms with E-state index in [4.69, 9.17) is 0 Å². The van der Waals surface area contributed by atoms with Gasteiger partial charge in [-0.2, -0.15) is 0 Å². The van der Waals surface area contributed by atoms with Crippen LogP contribution >= 0.6 is 0 Å². The van der Waals surface area contributed by atoms with Crippen LogP contribution in [0.5, 0.6) is 0 Å². The Bertz CT molecular complexity index is 895. The number of hydrogen-bond acceptors (Lipinski definition) is 3. The molecule has 0 spiro atoms. The Morgan fingerprint density at radius 1 is 1.19 bits per heavy atom. The van der Waals surface area contributed by atoms with Crippen LogP contribution in [0.3, 0.4) is 0 Å². The molecule has 1 amide bonds. The Balaban J connectivity index is 1.73. The zero-order valence-electron chi connectivity index (χ0n) is 15.1. The molecule has 1 heterocycles. The number of hydrogen-bond donors (Lipinski definition) is 1. The van der Waals surface area contributed by atoms with Crippen LogP contribution in [0.25, 0.3) is 0 Å². The first kappa shape index (κ1) is 18.5. The van der Waals surface area contributed by atoms with Gasteiger partial charge >= 0.3 is 0 Å². The molecule has 1 saturated heterocycles.